The monoisotopic (exact) mass is 352 g/mol. The lowest BCUT2D eigenvalue weighted by Crippen LogP contribution is -2.37. The van der Waals surface area contributed by atoms with E-state index in [4.69, 9.17) is 0 Å². The van der Waals surface area contributed by atoms with Crippen LogP contribution in [0, 0.1) is 0 Å². The topological polar surface area (TPSA) is 0 Å². The molecule has 0 N–H and O–H groups in total. The number of rotatable bonds is 2. The second-order valence-corrected chi connectivity index (χ2v) is 14.5. The van der Waals surface area contributed by atoms with Gasteiger partial charge < -0.3 is 0 Å². The fourth-order valence-electron chi connectivity index (χ4n) is 6.25. The van der Waals surface area contributed by atoms with Crippen molar-refractivity contribution in [1.29, 1.82) is 0 Å². The summed E-state index contributed by atoms with van der Waals surface area (Å²) in [5.41, 5.74) is 12.1. The van der Waals surface area contributed by atoms with Gasteiger partial charge in [0.25, 0.3) is 0 Å². The molecule has 2 unspecified atom stereocenters. The van der Waals surface area contributed by atoms with Gasteiger partial charge in [-0.15, -0.1) is 0 Å². The van der Waals surface area contributed by atoms with Crippen molar-refractivity contribution in [2.75, 3.05) is 0 Å². The Morgan fingerprint density at radius 2 is 1.04 bits per heavy atom. The number of hydrogen-bond donors (Lipinski definition) is 0. The second-order valence-electron chi connectivity index (χ2n) is 9.60. The number of fused-ring (bicyclic) bond motifs is 2. The Morgan fingerprint density at radius 1 is 0.640 bits per heavy atom. The number of hydrogen-bond acceptors (Lipinski definition) is 0. The van der Waals surface area contributed by atoms with Gasteiger partial charge in [-0.3, -0.25) is 0 Å². The molecule has 0 nitrogen and oxygen atoms in total. The molecule has 0 radical (unpaired) electrons. The minimum atomic E-state index is -1.44. The Hall–Kier alpha value is -0.823. The summed E-state index contributed by atoms with van der Waals surface area (Å²) in [7, 11) is -1.44. The van der Waals surface area contributed by atoms with Crippen LogP contribution in [0.25, 0.3) is 0 Å². The third kappa shape index (κ3) is 2.97. The van der Waals surface area contributed by atoms with Crippen LogP contribution in [-0.4, -0.2) is 8.07 Å². The third-order valence-electron chi connectivity index (χ3n) is 7.74. The first kappa shape index (κ1) is 17.6. The zero-order valence-electron chi connectivity index (χ0n) is 16.9. The van der Waals surface area contributed by atoms with E-state index in [9.17, 15) is 0 Å². The lowest BCUT2D eigenvalue weighted by molar-refractivity contribution is 0.715. The SMILES string of the molecule is CC1=C2CCCCCC2=CC1[Si](C)(C)C1C=C2CCCCCC2=C1C. The molecule has 2 fully saturated rings. The van der Waals surface area contributed by atoms with Crippen LogP contribution in [0.4, 0.5) is 0 Å². The molecule has 0 heterocycles. The first-order valence-electron chi connectivity index (χ1n) is 10.8. The Kier molecular flexibility index (Phi) is 4.73. The van der Waals surface area contributed by atoms with E-state index in [1.807, 2.05) is 0 Å². The average Bonchev–Trinajstić information content (AvgIpc) is 2.88. The molecule has 0 amide bonds. The molecule has 0 aliphatic heterocycles. The molecule has 25 heavy (non-hydrogen) atoms. The quantitative estimate of drug-likeness (QED) is 0.443. The first-order chi connectivity index (χ1) is 12.0. The van der Waals surface area contributed by atoms with Gasteiger partial charge in [0.2, 0.25) is 0 Å². The van der Waals surface area contributed by atoms with Gasteiger partial charge in [-0.1, -0.05) is 49.2 Å². The van der Waals surface area contributed by atoms with Crippen LogP contribution in [-0.2, 0) is 0 Å². The molecule has 4 aliphatic carbocycles. The van der Waals surface area contributed by atoms with Crippen molar-refractivity contribution in [1.82, 2.24) is 0 Å². The van der Waals surface area contributed by atoms with E-state index in [0.717, 1.165) is 11.1 Å². The fraction of sp³-hybridized carbons (Fsp3) is 0.667. The molecule has 4 aliphatic rings. The summed E-state index contributed by atoms with van der Waals surface area (Å²) in [6.07, 6.45) is 19.4. The Morgan fingerprint density at radius 3 is 1.48 bits per heavy atom. The highest BCUT2D eigenvalue weighted by Gasteiger charge is 2.44. The zero-order valence-corrected chi connectivity index (χ0v) is 17.9. The van der Waals surface area contributed by atoms with Gasteiger partial charge in [0.15, 0.2) is 0 Å². The highest BCUT2D eigenvalue weighted by atomic mass is 28.3. The second kappa shape index (κ2) is 6.72. The maximum absolute atomic E-state index is 2.74. The smallest absolute Gasteiger partial charge is 0.0706 e. The molecule has 0 aromatic rings. The van der Waals surface area contributed by atoms with E-state index in [0.29, 0.717) is 0 Å². The van der Waals surface area contributed by atoms with E-state index in [1.165, 1.54) is 64.2 Å². The molecule has 2 saturated carbocycles. The average molecular weight is 353 g/mol. The molecule has 1 heteroatoms. The van der Waals surface area contributed by atoms with Gasteiger partial charge >= 0.3 is 0 Å². The van der Waals surface area contributed by atoms with Gasteiger partial charge in [-0.05, 0) is 98.6 Å². The lowest BCUT2D eigenvalue weighted by Gasteiger charge is -2.36. The molecule has 0 aromatic heterocycles. The summed E-state index contributed by atoms with van der Waals surface area (Å²) in [5, 5.41) is 0. The Balaban J connectivity index is 1.67. The Bertz CT molecular complexity index is 625. The van der Waals surface area contributed by atoms with Crippen LogP contribution < -0.4 is 0 Å². The van der Waals surface area contributed by atoms with E-state index in [2.05, 4.69) is 39.1 Å². The van der Waals surface area contributed by atoms with Crippen LogP contribution in [0.1, 0.15) is 78.1 Å². The molecule has 0 bridgehead atoms. The molecule has 0 aromatic carbocycles. The summed E-state index contributed by atoms with van der Waals surface area (Å²) >= 11 is 0. The molecule has 2 atom stereocenters. The van der Waals surface area contributed by atoms with Gasteiger partial charge in [0, 0.05) is 0 Å². The molecule has 0 spiro atoms. The van der Waals surface area contributed by atoms with Crippen molar-refractivity contribution in [3.63, 3.8) is 0 Å². The van der Waals surface area contributed by atoms with E-state index >= 15 is 0 Å². The molecular weight excluding hydrogens is 316 g/mol. The normalized spacial score (nSPS) is 30.6. The third-order valence-corrected chi connectivity index (χ3v) is 12.2. The summed E-state index contributed by atoms with van der Waals surface area (Å²) in [4.78, 5) is 0. The summed E-state index contributed by atoms with van der Waals surface area (Å²) in [6.45, 7) is 10.3. The summed E-state index contributed by atoms with van der Waals surface area (Å²) in [5.74, 6) is 0. The maximum atomic E-state index is 2.74. The van der Waals surface area contributed by atoms with E-state index in [1.54, 1.807) is 33.4 Å². The van der Waals surface area contributed by atoms with E-state index in [-0.39, 0.29) is 0 Å². The largest absolute Gasteiger partial charge is 0.0765 e. The predicted molar refractivity (Wildman–Crippen MR) is 113 cm³/mol. The lowest BCUT2D eigenvalue weighted by atomic mass is 10.0. The molecule has 136 valence electrons. The molecule has 0 saturated heterocycles. The van der Waals surface area contributed by atoms with Crippen molar-refractivity contribution >= 4 is 8.07 Å². The van der Waals surface area contributed by atoms with Crippen LogP contribution in [0.2, 0.25) is 24.2 Å². The number of allylic oxidation sites excluding steroid dienone is 8. The van der Waals surface area contributed by atoms with Crippen molar-refractivity contribution in [3.8, 4) is 0 Å². The van der Waals surface area contributed by atoms with Crippen LogP contribution >= 0.6 is 0 Å². The van der Waals surface area contributed by atoms with Gasteiger partial charge in [0.05, 0.1) is 8.07 Å². The van der Waals surface area contributed by atoms with Crippen molar-refractivity contribution < 1.29 is 0 Å². The minimum absolute atomic E-state index is 0.773. The van der Waals surface area contributed by atoms with E-state index < -0.39 is 8.07 Å². The van der Waals surface area contributed by atoms with Crippen LogP contribution in [0.5, 0.6) is 0 Å². The van der Waals surface area contributed by atoms with Gasteiger partial charge in [0.1, 0.15) is 0 Å². The van der Waals surface area contributed by atoms with Crippen molar-refractivity contribution in [2.24, 2.45) is 0 Å². The highest BCUT2D eigenvalue weighted by Crippen LogP contribution is 2.54. The summed E-state index contributed by atoms with van der Waals surface area (Å²) in [6, 6.07) is 0. The molecule has 4 rings (SSSR count). The zero-order chi connectivity index (χ0) is 17.6. The molecular formula is C24H36Si. The first-order valence-corrected chi connectivity index (χ1v) is 14.0. The van der Waals surface area contributed by atoms with Gasteiger partial charge in [-0.25, -0.2) is 0 Å². The van der Waals surface area contributed by atoms with Crippen LogP contribution in [0.3, 0.4) is 0 Å². The van der Waals surface area contributed by atoms with Crippen molar-refractivity contribution in [3.05, 3.63) is 45.6 Å². The predicted octanol–water partition coefficient (Wildman–Crippen LogP) is 7.88. The fourth-order valence-corrected chi connectivity index (χ4v) is 10.5. The maximum Gasteiger partial charge on any atom is 0.0706 e. The Labute approximate surface area is 156 Å². The summed E-state index contributed by atoms with van der Waals surface area (Å²) < 4.78 is 0. The minimum Gasteiger partial charge on any atom is -0.0765 e. The van der Waals surface area contributed by atoms with Crippen LogP contribution in [0.15, 0.2) is 45.6 Å². The standard InChI is InChI=1S/C24H36Si/c1-17-21-13-9-5-7-11-19(21)15-23(17)25(3,4)24-16-20-12-8-6-10-14-22(20)18(24)2/h15-16,23-24H,5-14H2,1-4H3. The van der Waals surface area contributed by atoms with Gasteiger partial charge in [-0.2, -0.15) is 0 Å². The highest BCUT2D eigenvalue weighted by molar-refractivity contribution is 6.82. The van der Waals surface area contributed by atoms with Crippen molar-refractivity contribution in [2.45, 2.75) is 102 Å².